The Morgan fingerprint density at radius 3 is 2.52 bits per heavy atom. The number of nitrogens with two attached hydrogens (primary N) is 1. The molecular weight excluding hydrogens is 286 g/mol. The van der Waals surface area contributed by atoms with Gasteiger partial charge < -0.3 is 15.6 Å². The quantitative estimate of drug-likeness (QED) is 0.634. The fourth-order valence-corrected chi connectivity index (χ4v) is 3.85. The van der Waals surface area contributed by atoms with Gasteiger partial charge in [-0.15, -0.1) is 0 Å². The van der Waals surface area contributed by atoms with Gasteiger partial charge in [0.15, 0.2) is 0 Å². The Kier molecular flexibility index (Phi) is 6.91. The normalized spacial score (nSPS) is 16.3. The van der Waals surface area contributed by atoms with Crippen molar-refractivity contribution >= 4 is 0 Å². The van der Waals surface area contributed by atoms with E-state index in [0.717, 1.165) is 23.8 Å². The van der Waals surface area contributed by atoms with E-state index < -0.39 is 6.10 Å². The first-order valence-electron chi connectivity index (χ1n) is 9.26. The highest BCUT2D eigenvalue weighted by atomic mass is 16.5. The molecular formula is C20H33NO2. The van der Waals surface area contributed by atoms with Crippen LogP contribution < -0.4 is 10.5 Å². The molecule has 0 spiro atoms. The second kappa shape index (κ2) is 8.70. The highest BCUT2D eigenvalue weighted by molar-refractivity contribution is 5.30. The molecule has 3 nitrogen and oxygen atoms in total. The van der Waals surface area contributed by atoms with Gasteiger partial charge in [0.05, 0.1) is 12.7 Å². The maximum absolute atomic E-state index is 10.1. The van der Waals surface area contributed by atoms with Crippen LogP contribution in [0.1, 0.15) is 70.5 Å². The van der Waals surface area contributed by atoms with Gasteiger partial charge in [-0.3, -0.25) is 0 Å². The number of hydrogen-bond acceptors (Lipinski definition) is 3. The first-order chi connectivity index (χ1) is 11.1. The van der Waals surface area contributed by atoms with Crippen LogP contribution in [0, 0.1) is 11.3 Å². The Balaban J connectivity index is 2.04. The molecule has 0 aliphatic heterocycles. The van der Waals surface area contributed by atoms with Gasteiger partial charge in [0.25, 0.3) is 0 Å². The number of rotatable bonds is 11. The van der Waals surface area contributed by atoms with Crippen molar-refractivity contribution in [1.29, 1.82) is 0 Å². The molecule has 0 saturated heterocycles. The van der Waals surface area contributed by atoms with Crippen molar-refractivity contribution in [2.45, 2.75) is 64.9 Å². The Hall–Kier alpha value is -1.06. The van der Waals surface area contributed by atoms with E-state index >= 15 is 0 Å². The van der Waals surface area contributed by atoms with Gasteiger partial charge in [-0.2, -0.15) is 0 Å². The lowest BCUT2D eigenvalue weighted by molar-refractivity contribution is 0.0945. The molecule has 1 aliphatic carbocycles. The van der Waals surface area contributed by atoms with Gasteiger partial charge in [0.1, 0.15) is 5.75 Å². The van der Waals surface area contributed by atoms with E-state index in [-0.39, 0.29) is 0 Å². The molecule has 1 saturated carbocycles. The lowest BCUT2D eigenvalue weighted by atomic mass is 9.75. The molecule has 130 valence electrons. The summed E-state index contributed by atoms with van der Waals surface area (Å²) in [6.07, 6.45) is 7.74. The second-order valence-electron chi connectivity index (χ2n) is 7.09. The molecule has 0 bridgehead atoms. The van der Waals surface area contributed by atoms with Crippen LogP contribution in [0.2, 0.25) is 0 Å². The van der Waals surface area contributed by atoms with Crippen LogP contribution in [0.4, 0.5) is 0 Å². The van der Waals surface area contributed by atoms with E-state index in [1.54, 1.807) is 0 Å². The highest BCUT2D eigenvalue weighted by Crippen LogP contribution is 2.51. The average Bonchev–Trinajstić information content (AvgIpc) is 3.39. The fourth-order valence-electron chi connectivity index (χ4n) is 3.85. The van der Waals surface area contributed by atoms with E-state index in [0.29, 0.717) is 18.4 Å². The van der Waals surface area contributed by atoms with Crippen LogP contribution in [0.3, 0.4) is 0 Å². The average molecular weight is 319 g/mol. The van der Waals surface area contributed by atoms with E-state index in [4.69, 9.17) is 10.5 Å². The minimum atomic E-state index is -0.497. The number of benzene rings is 1. The second-order valence-corrected chi connectivity index (χ2v) is 7.09. The zero-order valence-electron chi connectivity index (χ0n) is 14.8. The standard InChI is InChI=1S/C20H33NO2/c1-3-11-20(12-4-2,17-8-9-17)15-23-18-7-5-6-16(14-18)19(22)10-13-21/h5-7,14,17,19,22H,3-4,8-13,15,21H2,1-2H3. The summed E-state index contributed by atoms with van der Waals surface area (Å²) in [5.74, 6) is 1.71. The molecule has 0 aromatic heterocycles. The summed E-state index contributed by atoms with van der Waals surface area (Å²) in [5.41, 5.74) is 6.78. The van der Waals surface area contributed by atoms with Crippen molar-refractivity contribution < 1.29 is 9.84 Å². The SMILES string of the molecule is CCCC(CCC)(COc1cccc(C(O)CCN)c1)C1CC1. The minimum absolute atomic E-state index is 0.343. The number of hydrogen-bond donors (Lipinski definition) is 2. The van der Waals surface area contributed by atoms with Crippen LogP contribution >= 0.6 is 0 Å². The molecule has 3 N–H and O–H groups in total. The molecule has 0 amide bonds. The van der Waals surface area contributed by atoms with Gasteiger partial charge in [0.2, 0.25) is 0 Å². The van der Waals surface area contributed by atoms with Gasteiger partial charge in [-0.1, -0.05) is 38.8 Å². The number of ether oxygens (including phenoxy) is 1. The predicted molar refractivity (Wildman–Crippen MR) is 95.5 cm³/mol. The van der Waals surface area contributed by atoms with Crippen LogP contribution in [0.25, 0.3) is 0 Å². The van der Waals surface area contributed by atoms with E-state index in [9.17, 15) is 5.11 Å². The summed E-state index contributed by atoms with van der Waals surface area (Å²) in [6, 6.07) is 7.87. The predicted octanol–water partition coefficient (Wildman–Crippen LogP) is 4.44. The van der Waals surface area contributed by atoms with Gasteiger partial charge >= 0.3 is 0 Å². The highest BCUT2D eigenvalue weighted by Gasteiger charge is 2.44. The summed E-state index contributed by atoms with van der Waals surface area (Å²) >= 11 is 0. The molecule has 0 radical (unpaired) electrons. The lowest BCUT2D eigenvalue weighted by Gasteiger charge is -2.34. The third-order valence-electron chi connectivity index (χ3n) is 5.15. The van der Waals surface area contributed by atoms with E-state index in [1.165, 1.54) is 38.5 Å². The van der Waals surface area contributed by atoms with Crippen molar-refractivity contribution in [2.24, 2.45) is 17.1 Å². The largest absolute Gasteiger partial charge is 0.493 e. The maximum Gasteiger partial charge on any atom is 0.119 e. The fraction of sp³-hybridized carbons (Fsp3) is 0.700. The molecule has 0 heterocycles. The van der Waals surface area contributed by atoms with Gasteiger partial charge in [-0.05, 0) is 62.3 Å². The van der Waals surface area contributed by atoms with Crippen LogP contribution in [0.5, 0.6) is 5.75 Å². The van der Waals surface area contributed by atoms with Crippen molar-refractivity contribution in [2.75, 3.05) is 13.2 Å². The van der Waals surface area contributed by atoms with Crippen molar-refractivity contribution in [3.05, 3.63) is 29.8 Å². The Bertz CT molecular complexity index is 464. The molecule has 1 fully saturated rings. The molecule has 1 aliphatic rings. The Labute approximate surface area is 141 Å². The summed E-state index contributed by atoms with van der Waals surface area (Å²) in [5, 5.41) is 10.1. The maximum atomic E-state index is 10.1. The topological polar surface area (TPSA) is 55.5 Å². The molecule has 23 heavy (non-hydrogen) atoms. The summed E-state index contributed by atoms with van der Waals surface area (Å²) in [7, 11) is 0. The third kappa shape index (κ3) is 4.95. The number of aliphatic hydroxyl groups is 1. The molecule has 3 heteroatoms. The van der Waals surface area contributed by atoms with E-state index in [2.05, 4.69) is 13.8 Å². The first kappa shape index (κ1) is 18.3. The van der Waals surface area contributed by atoms with Crippen LogP contribution in [-0.2, 0) is 0 Å². The van der Waals surface area contributed by atoms with Gasteiger partial charge in [-0.25, -0.2) is 0 Å². The molecule has 1 aromatic carbocycles. The molecule has 1 unspecified atom stereocenters. The number of aliphatic hydroxyl groups excluding tert-OH is 1. The van der Waals surface area contributed by atoms with E-state index in [1.807, 2.05) is 24.3 Å². The summed E-state index contributed by atoms with van der Waals surface area (Å²) in [4.78, 5) is 0. The lowest BCUT2D eigenvalue weighted by Crippen LogP contribution is -2.31. The van der Waals surface area contributed by atoms with Crippen LogP contribution in [0.15, 0.2) is 24.3 Å². The smallest absolute Gasteiger partial charge is 0.119 e. The monoisotopic (exact) mass is 319 g/mol. The molecule has 1 aromatic rings. The van der Waals surface area contributed by atoms with Crippen LogP contribution in [-0.4, -0.2) is 18.3 Å². The molecule has 1 atom stereocenters. The Morgan fingerprint density at radius 1 is 1.26 bits per heavy atom. The van der Waals surface area contributed by atoms with Crippen molar-refractivity contribution in [3.8, 4) is 5.75 Å². The summed E-state index contributed by atoms with van der Waals surface area (Å²) in [6.45, 7) is 5.84. The summed E-state index contributed by atoms with van der Waals surface area (Å²) < 4.78 is 6.20. The Morgan fingerprint density at radius 2 is 1.96 bits per heavy atom. The van der Waals surface area contributed by atoms with Gasteiger partial charge in [0, 0.05) is 5.41 Å². The van der Waals surface area contributed by atoms with Crippen molar-refractivity contribution in [1.82, 2.24) is 0 Å². The molecule has 2 rings (SSSR count). The van der Waals surface area contributed by atoms with Crippen molar-refractivity contribution in [3.63, 3.8) is 0 Å². The zero-order valence-corrected chi connectivity index (χ0v) is 14.8. The minimum Gasteiger partial charge on any atom is -0.493 e. The third-order valence-corrected chi connectivity index (χ3v) is 5.15. The first-order valence-corrected chi connectivity index (χ1v) is 9.26. The zero-order chi connectivity index (χ0) is 16.7.